The van der Waals surface area contributed by atoms with Crippen LogP contribution in [0.25, 0.3) is 0 Å². The minimum atomic E-state index is -0.576. The Morgan fingerprint density at radius 1 is 1.33 bits per heavy atom. The van der Waals surface area contributed by atoms with E-state index in [-0.39, 0.29) is 5.91 Å². The topological polar surface area (TPSA) is 51.2 Å². The number of carbonyl (C=O) groups is 1. The van der Waals surface area contributed by atoms with Gasteiger partial charge in [-0.3, -0.25) is 10.1 Å². The molecule has 0 aliphatic heterocycles. The van der Waals surface area contributed by atoms with Crippen molar-refractivity contribution in [1.29, 1.82) is 0 Å². The summed E-state index contributed by atoms with van der Waals surface area (Å²) >= 11 is 1.39. The molecule has 0 aliphatic rings. The number of nitrogens with zero attached hydrogens (tertiary/aromatic N) is 1. The number of ether oxygens (including phenoxy) is 1. The summed E-state index contributed by atoms with van der Waals surface area (Å²) in [5, 5.41) is 5.15. The van der Waals surface area contributed by atoms with E-state index >= 15 is 0 Å². The standard InChI is InChI=1S/C16H20N2O2S/c1-10(2)13-6-5-11(3)9-14(13)20-12(4)15(19)18-16-17-7-8-21-16/h5-10,12H,1-4H3,(H,17,18,19). The Labute approximate surface area is 129 Å². The quantitative estimate of drug-likeness (QED) is 0.909. The van der Waals surface area contributed by atoms with Crippen molar-refractivity contribution in [2.24, 2.45) is 0 Å². The first-order chi connectivity index (χ1) is 9.97. The molecule has 1 heterocycles. The van der Waals surface area contributed by atoms with E-state index in [0.717, 1.165) is 16.9 Å². The second-order valence-electron chi connectivity index (χ2n) is 5.28. The third-order valence-electron chi connectivity index (χ3n) is 3.13. The van der Waals surface area contributed by atoms with Gasteiger partial charge in [-0.1, -0.05) is 26.0 Å². The predicted molar refractivity (Wildman–Crippen MR) is 86.1 cm³/mol. The van der Waals surface area contributed by atoms with Crippen molar-refractivity contribution in [2.75, 3.05) is 5.32 Å². The maximum atomic E-state index is 12.1. The highest BCUT2D eigenvalue weighted by molar-refractivity contribution is 7.13. The van der Waals surface area contributed by atoms with Crippen molar-refractivity contribution in [3.8, 4) is 5.75 Å². The first-order valence-electron chi connectivity index (χ1n) is 6.95. The molecule has 4 nitrogen and oxygen atoms in total. The predicted octanol–water partition coefficient (Wildman–Crippen LogP) is 3.98. The van der Waals surface area contributed by atoms with Gasteiger partial charge in [0.2, 0.25) is 0 Å². The van der Waals surface area contributed by atoms with Gasteiger partial charge in [-0.25, -0.2) is 4.98 Å². The van der Waals surface area contributed by atoms with Crippen molar-refractivity contribution < 1.29 is 9.53 Å². The molecule has 0 saturated heterocycles. The Bertz CT molecular complexity index is 609. The summed E-state index contributed by atoms with van der Waals surface area (Å²) in [7, 11) is 0. The van der Waals surface area contributed by atoms with Gasteiger partial charge in [0, 0.05) is 11.6 Å². The van der Waals surface area contributed by atoms with Crippen LogP contribution in [0.4, 0.5) is 5.13 Å². The average Bonchev–Trinajstić information content (AvgIpc) is 2.91. The fraction of sp³-hybridized carbons (Fsp3) is 0.375. The number of rotatable bonds is 5. The lowest BCUT2D eigenvalue weighted by Gasteiger charge is -2.19. The van der Waals surface area contributed by atoms with Crippen molar-refractivity contribution in [2.45, 2.75) is 39.7 Å². The number of aromatic nitrogens is 1. The van der Waals surface area contributed by atoms with Crippen LogP contribution in [0.3, 0.4) is 0 Å². The number of amides is 1. The molecule has 0 saturated carbocycles. The van der Waals surface area contributed by atoms with Gasteiger partial charge in [0.1, 0.15) is 5.75 Å². The molecule has 0 fully saturated rings. The van der Waals surface area contributed by atoms with Crippen LogP contribution in [0.2, 0.25) is 0 Å². The van der Waals surface area contributed by atoms with Crippen molar-refractivity contribution in [3.05, 3.63) is 40.9 Å². The minimum Gasteiger partial charge on any atom is -0.481 e. The number of hydrogen-bond acceptors (Lipinski definition) is 4. The lowest BCUT2D eigenvalue weighted by Crippen LogP contribution is -2.30. The maximum Gasteiger partial charge on any atom is 0.266 e. The molecule has 0 bridgehead atoms. The van der Waals surface area contributed by atoms with E-state index in [0.29, 0.717) is 11.0 Å². The summed E-state index contributed by atoms with van der Waals surface area (Å²) in [5.74, 6) is 0.919. The van der Waals surface area contributed by atoms with E-state index < -0.39 is 6.10 Å². The molecule has 1 amide bonds. The highest BCUT2D eigenvalue weighted by Crippen LogP contribution is 2.28. The van der Waals surface area contributed by atoms with Gasteiger partial charge in [-0.05, 0) is 37.0 Å². The minimum absolute atomic E-state index is 0.193. The lowest BCUT2D eigenvalue weighted by molar-refractivity contribution is -0.122. The van der Waals surface area contributed by atoms with Crippen LogP contribution in [-0.2, 0) is 4.79 Å². The maximum absolute atomic E-state index is 12.1. The van der Waals surface area contributed by atoms with Gasteiger partial charge in [0.15, 0.2) is 11.2 Å². The van der Waals surface area contributed by atoms with E-state index in [2.05, 4.69) is 36.3 Å². The van der Waals surface area contributed by atoms with Crippen LogP contribution in [0.5, 0.6) is 5.75 Å². The van der Waals surface area contributed by atoms with Crippen LogP contribution in [-0.4, -0.2) is 17.0 Å². The second kappa shape index (κ2) is 6.72. The monoisotopic (exact) mass is 304 g/mol. The molecule has 1 unspecified atom stereocenters. The second-order valence-corrected chi connectivity index (χ2v) is 6.18. The molecule has 2 rings (SSSR count). The smallest absolute Gasteiger partial charge is 0.266 e. The van der Waals surface area contributed by atoms with Gasteiger partial charge < -0.3 is 4.74 Å². The lowest BCUT2D eigenvalue weighted by atomic mass is 10.0. The molecular formula is C16H20N2O2S. The zero-order valence-electron chi connectivity index (χ0n) is 12.7. The molecule has 112 valence electrons. The SMILES string of the molecule is Cc1ccc(C(C)C)c(OC(C)C(=O)Nc2nccs2)c1. The number of aryl methyl sites for hydroxylation is 1. The molecule has 0 aliphatic carbocycles. The van der Waals surface area contributed by atoms with Crippen molar-refractivity contribution >= 4 is 22.4 Å². The molecule has 2 aromatic rings. The summed E-state index contributed by atoms with van der Waals surface area (Å²) in [6, 6.07) is 6.09. The Balaban J connectivity index is 2.10. The summed E-state index contributed by atoms with van der Waals surface area (Å²) in [5.41, 5.74) is 2.22. The van der Waals surface area contributed by atoms with Gasteiger partial charge >= 0.3 is 0 Å². The highest BCUT2D eigenvalue weighted by Gasteiger charge is 2.18. The third kappa shape index (κ3) is 4.04. The van der Waals surface area contributed by atoms with E-state index in [1.165, 1.54) is 11.3 Å². The summed E-state index contributed by atoms with van der Waals surface area (Å²) in [6.07, 6.45) is 1.08. The van der Waals surface area contributed by atoms with Crippen molar-refractivity contribution in [3.63, 3.8) is 0 Å². The molecule has 1 aromatic carbocycles. The molecule has 21 heavy (non-hydrogen) atoms. The number of anilines is 1. The molecule has 0 spiro atoms. The van der Waals surface area contributed by atoms with Crippen LogP contribution in [0.1, 0.15) is 37.8 Å². The fourth-order valence-electron chi connectivity index (χ4n) is 1.96. The van der Waals surface area contributed by atoms with Gasteiger partial charge in [-0.15, -0.1) is 11.3 Å². The highest BCUT2D eigenvalue weighted by atomic mass is 32.1. The van der Waals surface area contributed by atoms with Gasteiger partial charge in [-0.2, -0.15) is 0 Å². The van der Waals surface area contributed by atoms with Crippen LogP contribution >= 0.6 is 11.3 Å². The summed E-state index contributed by atoms with van der Waals surface area (Å²) in [6.45, 7) is 7.97. The van der Waals surface area contributed by atoms with E-state index in [9.17, 15) is 4.79 Å². The van der Waals surface area contributed by atoms with E-state index in [4.69, 9.17) is 4.74 Å². The Morgan fingerprint density at radius 3 is 2.71 bits per heavy atom. The molecule has 0 radical (unpaired) electrons. The van der Waals surface area contributed by atoms with Crippen LogP contribution in [0.15, 0.2) is 29.8 Å². The molecule has 1 aromatic heterocycles. The first-order valence-corrected chi connectivity index (χ1v) is 7.83. The van der Waals surface area contributed by atoms with E-state index in [1.54, 1.807) is 13.1 Å². The number of nitrogens with one attached hydrogen (secondary N) is 1. The molecule has 5 heteroatoms. The fourth-order valence-corrected chi connectivity index (χ4v) is 2.49. The summed E-state index contributed by atoms with van der Waals surface area (Å²) < 4.78 is 5.86. The zero-order chi connectivity index (χ0) is 15.4. The zero-order valence-corrected chi connectivity index (χ0v) is 13.5. The van der Waals surface area contributed by atoms with Crippen LogP contribution < -0.4 is 10.1 Å². The molecule has 1 atom stereocenters. The number of benzene rings is 1. The first kappa shape index (κ1) is 15.5. The van der Waals surface area contributed by atoms with Crippen molar-refractivity contribution in [1.82, 2.24) is 4.98 Å². The molecular weight excluding hydrogens is 284 g/mol. The van der Waals surface area contributed by atoms with Gasteiger partial charge in [0.25, 0.3) is 5.91 Å². The van der Waals surface area contributed by atoms with Gasteiger partial charge in [0.05, 0.1) is 0 Å². The third-order valence-corrected chi connectivity index (χ3v) is 3.82. The molecule has 1 N–H and O–H groups in total. The average molecular weight is 304 g/mol. The number of hydrogen-bond donors (Lipinski definition) is 1. The van der Waals surface area contributed by atoms with E-state index in [1.807, 2.05) is 18.4 Å². The summed E-state index contributed by atoms with van der Waals surface area (Å²) in [4.78, 5) is 16.1. The largest absolute Gasteiger partial charge is 0.481 e. The van der Waals surface area contributed by atoms with Crippen LogP contribution in [0, 0.1) is 6.92 Å². The Kier molecular flexibility index (Phi) is 4.96. The number of thiazole rings is 1. The normalized spacial score (nSPS) is 12.2. The number of carbonyl (C=O) groups excluding carboxylic acids is 1. The Hall–Kier alpha value is -1.88. The Morgan fingerprint density at radius 2 is 2.10 bits per heavy atom.